The number of nitrogens with zero attached hydrogens (tertiary/aromatic N) is 2. The Labute approximate surface area is 174 Å². The van der Waals surface area contributed by atoms with E-state index in [1.165, 1.54) is 47.7 Å². The number of benzene rings is 1. The predicted octanol–water partition coefficient (Wildman–Crippen LogP) is 1.07. The van der Waals surface area contributed by atoms with Crippen molar-refractivity contribution >= 4 is 15.9 Å². The fourth-order valence-electron chi connectivity index (χ4n) is 5.43. The fourth-order valence-corrected chi connectivity index (χ4v) is 6.85. The SMILES string of the molecule is Cc1ccc(S(=O)(=O)N2CCN(C(=O)C[NH+]3CCC[C@H]4CCCC[C@@H]43)CC2)cc1. The van der Waals surface area contributed by atoms with Gasteiger partial charge >= 0.3 is 0 Å². The summed E-state index contributed by atoms with van der Waals surface area (Å²) in [7, 11) is -3.48. The number of piperazine rings is 1. The highest BCUT2D eigenvalue weighted by molar-refractivity contribution is 7.89. The average Bonchev–Trinajstić information content (AvgIpc) is 2.74. The number of sulfonamides is 1. The van der Waals surface area contributed by atoms with E-state index in [4.69, 9.17) is 0 Å². The van der Waals surface area contributed by atoms with Crippen molar-refractivity contribution < 1.29 is 18.1 Å². The highest BCUT2D eigenvalue weighted by Crippen LogP contribution is 2.28. The van der Waals surface area contributed by atoms with Crippen molar-refractivity contribution in [2.24, 2.45) is 5.92 Å². The molecule has 7 heteroatoms. The number of fused-ring (bicyclic) bond motifs is 1. The Hall–Kier alpha value is -1.44. The van der Waals surface area contributed by atoms with Gasteiger partial charge in [-0.05, 0) is 51.2 Å². The highest BCUT2D eigenvalue weighted by atomic mass is 32.2. The van der Waals surface area contributed by atoms with Crippen LogP contribution in [0.2, 0.25) is 0 Å². The number of carbonyl (C=O) groups is 1. The van der Waals surface area contributed by atoms with Crippen LogP contribution in [0.5, 0.6) is 0 Å². The van der Waals surface area contributed by atoms with Gasteiger partial charge in [-0.2, -0.15) is 4.31 Å². The van der Waals surface area contributed by atoms with Gasteiger partial charge in [-0.25, -0.2) is 8.42 Å². The Morgan fingerprint density at radius 2 is 1.66 bits per heavy atom. The molecule has 1 amide bonds. The predicted molar refractivity (Wildman–Crippen MR) is 112 cm³/mol. The van der Waals surface area contributed by atoms with Crippen LogP contribution in [0, 0.1) is 12.8 Å². The third kappa shape index (κ3) is 4.52. The van der Waals surface area contributed by atoms with E-state index in [0.717, 1.165) is 18.0 Å². The molecule has 1 N–H and O–H groups in total. The number of hydrogen-bond acceptors (Lipinski definition) is 3. The monoisotopic (exact) mass is 420 g/mol. The zero-order valence-electron chi connectivity index (χ0n) is 17.5. The molecule has 0 bridgehead atoms. The van der Waals surface area contributed by atoms with Crippen LogP contribution in [0.3, 0.4) is 0 Å². The Morgan fingerprint density at radius 3 is 2.38 bits per heavy atom. The lowest BCUT2D eigenvalue weighted by Crippen LogP contribution is -3.18. The number of aryl methyl sites for hydroxylation is 1. The maximum absolute atomic E-state index is 12.9. The molecule has 160 valence electrons. The zero-order chi connectivity index (χ0) is 20.4. The van der Waals surface area contributed by atoms with Gasteiger partial charge in [0, 0.05) is 32.1 Å². The lowest BCUT2D eigenvalue weighted by Gasteiger charge is -2.42. The van der Waals surface area contributed by atoms with Gasteiger partial charge in [-0.3, -0.25) is 4.79 Å². The van der Waals surface area contributed by atoms with Crippen LogP contribution in [0.25, 0.3) is 0 Å². The molecule has 1 saturated carbocycles. The van der Waals surface area contributed by atoms with E-state index in [9.17, 15) is 13.2 Å². The summed E-state index contributed by atoms with van der Waals surface area (Å²) in [6, 6.07) is 7.65. The molecule has 29 heavy (non-hydrogen) atoms. The number of nitrogens with one attached hydrogen (secondary N) is 1. The first kappa shape index (κ1) is 20.8. The molecule has 1 aromatic carbocycles. The Balaban J connectivity index is 1.33. The van der Waals surface area contributed by atoms with Crippen LogP contribution in [0.15, 0.2) is 29.2 Å². The summed E-state index contributed by atoms with van der Waals surface area (Å²) in [6.07, 6.45) is 7.80. The first-order valence-corrected chi connectivity index (χ1v) is 12.6. The molecule has 4 rings (SSSR count). The number of amides is 1. The topological polar surface area (TPSA) is 62.1 Å². The van der Waals surface area contributed by atoms with Crippen LogP contribution in [-0.2, 0) is 14.8 Å². The minimum atomic E-state index is -3.48. The molecule has 1 aromatic rings. The van der Waals surface area contributed by atoms with Crippen LogP contribution in [-0.4, -0.2) is 68.8 Å². The number of rotatable bonds is 4. The minimum absolute atomic E-state index is 0.193. The van der Waals surface area contributed by atoms with Gasteiger partial charge < -0.3 is 9.80 Å². The Morgan fingerprint density at radius 1 is 1.00 bits per heavy atom. The van der Waals surface area contributed by atoms with Gasteiger partial charge in [0.25, 0.3) is 5.91 Å². The van der Waals surface area contributed by atoms with Crippen molar-refractivity contribution in [3.05, 3.63) is 29.8 Å². The molecule has 6 nitrogen and oxygen atoms in total. The van der Waals surface area contributed by atoms with Crippen molar-refractivity contribution in [2.45, 2.75) is 56.4 Å². The summed E-state index contributed by atoms with van der Waals surface area (Å²) in [5, 5.41) is 0. The number of likely N-dealkylation sites (tertiary alicyclic amines) is 1. The highest BCUT2D eigenvalue weighted by Gasteiger charge is 2.38. The molecule has 2 heterocycles. The molecular weight excluding hydrogens is 386 g/mol. The second-order valence-electron chi connectivity index (χ2n) is 8.98. The summed E-state index contributed by atoms with van der Waals surface area (Å²) in [4.78, 5) is 16.6. The van der Waals surface area contributed by atoms with Gasteiger partial charge in [0.1, 0.15) is 0 Å². The normalized spacial score (nSPS) is 28.7. The van der Waals surface area contributed by atoms with Crippen molar-refractivity contribution in [1.29, 1.82) is 0 Å². The largest absolute Gasteiger partial charge is 0.335 e. The average molecular weight is 421 g/mol. The number of hydrogen-bond donors (Lipinski definition) is 1. The van der Waals surface area contributed by atoms with Crippen LogP contribution in [0.4, 0.5) is 0 Å². The second-order valence-corrected chi connectivity index (χ2v) is 10.9. The van der Waals surface area contributed by atoms with Gasteiger partial charge in [-0.1, -0.05) is 24.1 Å². The van der Waals surface area contributed by atoms with Crippen LogP contribution < -0.4 is 4.90 Å². The summed E-state index contributed by atoms with van der Waals surface area (Å²) in [5.41, 5.74) is 1.04. The van der Waals surface area contributed by atoms with E-state index in [0.29, 0.717) is 43.7 Å². The van der Waals surface area contributed by atoms with Gasteiger partial charge in [-0.15, -0.1) is 0 Å². The molecule has 0 spiro atoms. The summed E-state index contributed by atoms with van der Waals surface area (Å²) >= 11 is 0. The van der Waals surface area contributed by atoms with Crippen LogP contribution in [0.1, 0.15) is 44.1 Å². The van der Waals surface area contributed by atoms with Crippen molar-refractivity contribution in [1.82, 2.24) is 9.21 Å². The quantitative estimate of drug-likeness (QED) is 0.793. The van der Waals surface area contributed by atoms with Gasteiger partial charge in [0.05, 0.1) is 17.5 Å². The molecule has 2 saturated heterocycles. The molecule has 0 radical (unpaired) electrons. The third-order valence-electron chi connectivity index (χ3n) is 7.13. The van der Waals surface area contributed by atoms with Crippen LogP contribution >= 0.6 is 0 Å². The number of quaternary nitrogens is 1. The molecule has 1 aliphatic carbocycles. The van der Waals surface area contributed by atoms with Gasteiger partial charge in [0.15, 0.2) is 6.54 Å². The van der Waals surface area contributed by atoms with E-state index in [2.05, 4.69) is 0 Å². The third-order valence-corrected chi connectivity index (χ3v) is 9.05. The number of carbonyl (C=O) groups excluding carboxylic acids is 1. The lowest BCUT2D eigenvalue weighted by atomic mass is 9.78. The standard InChI is InChI=1S/C22H33N3O3S/c1-18-8-10-20(11-9-18)29(27,28)25-15-13-23(14-16-25)22(26)17-24-12-4-6-19-5-2-3-7-21(19)24/h8-11,19,21H,2-7,12-17H2,1H3/p+1/t19-,21+/m1/s1. The Kier molecular flexibility index (Phi) is 6.27. The molecule has 3 fully saturated rings. The fraction of sp³-hybridized carbons (Fsp3) is 0.682. The summed E-state index contributed by atoms with van der Waals surface area (Å²) < 4.78 is 27.3. The lowest BCUT2D eigenvalue weighted by molar-refractivity contribution is -0.929. The van der Waals surface area contributed by atoms with E-state index in [1.54, 1.807) is 12.1 Å². The van der Waals surface area contributed by atoms with Crippen molar-refractivity contribution in [3.63, 3.8) is 0 Å². The maximum Gasteiger partial charge on any atom is 0.277 e. The molecular formula is C22H34N3O3S+. The Bertz CT molecular complexity index is 814. The first-order valence-electron chi connectivity index (χ1n) is 11.1. The summed E-state index contributed by atoms with van der Waals surface area (Å²) in [6.45, 7) is 5.37. The van der Waals surface area contributed by atoms with Gasteiger partial charge in [0.2, 0.25) is 10.0 Å². The van der Waals surface area contributed by atoms with E-state index >= 15 is 0 Å². The van der Waals surface area contributed by atoms with Crippen molar-refractivity contribution in [3.8, 4) is 0 Å². The maximum atomic E-state index is 12.9. The molecule has 3 atom stereocenters. The summed E-state index contributed by atoms with van der Waals surface area (Å²) in [5.74, 6) is 0.996. The molecule has 3 aliphatic rings. The zero-order valence-corrected chi connectivity index (χ0v) is 18.3. The molecule has 0 aromatic heterocycles. The van der Waals surface area contributed by atoms with E-state index < -0.39 is 10.0 Å². The smallest absolute Gasteiger partial charge is 0.277 e. The first-order chi connectivity index (χ1) is 13.9. The number of piperidine rings is 1. The second kappa shape index (κ2) is 8.74. The molecule has 1 unspecified atom stereocenters. The van der Waals surface area contributed by atoms with E-state index in [1.807, 2.05) is 24.0 Å². The minimum Gasteiger partial charge on any atom is -0.335 e. The van der Waals surface area contributed by atoms with Crippen molar-refractivity contribution in [2.75, 3.05) is 39.3 Å². The van der Waals surface area contributed by atoms with E-state index in [-0.39, 0.29) is 5.91 Å². The molecule has 2 aliphatic heterocycles.